The fraction of sp³-hybridized carbons (Fsp3) is 0.143. The van der Waals surface area contributed by atoms with E-state index >= 15 is 0 Å². The topological polar surface area (TPSA) is 116 Å². The van der Waals surface area contributed by atoms with Crippen molar-refractivity contribution in [1.82, 2.24) is 15.0 Å². The average molecular weight is 405 g/mol. The molecular formula is C21H19N5O4. The van der Waals surface area contributed by atoms with E-state index in [2.05, 4.69) is 15.7 Å². The zero-order valence-electron chi connectivity index (χ0n) is 16.1. The Bertz CT molecular complexity index is 1190. The van der Waals surface area contributed by atoms with Crippen LogP contribution in [0.3, 0.4) is 0 Å². The lowest BCUT2D eigenvalue weighted by atomic mass is 10.1. The first-order valence-electron chi connectivity index (χ1n) is 9.34. The van der Waals surface area contributed by atoms with Crippen molar-refractivity contribution < 1.29 is 14.4 Å². The molecule has 0 unspecified atom stereocenters. The van der Waals surface area contributed by atoms with Gasteiger partial charge in [0.2, 0.25) is 11.8 Å². The number of nitrogens with zero attached hydrogens (tertiary/aromatic N) is 2. The Labute approximate surface area is 171 Å². The number of benzene rings is 2. The van der Waals surface area contributed by atoms with Gasteiger partial charge in [-0.3, -0.25) is 24.4 Å². The van der Waals surface area contributed by atoms with Crippen molar-refractivity contribution in [2.75, 3.05) is 10.3 Å². The summed E-state index contributed by atoms with van der Waals surface area (Å²) in [6.07, 6.45) is 1.90. The molecule has 9 nitrogen and oxygen atoms in total. The van der Waals surface area contributed by atoms with Gasteiger partial charge in [0.15, 0.2) is 0 Å². The summed E-state index contributed by atoms with van der Waals surface area (Å²) in [5, 5.41) is 4.01. The molecule has 1 saturated heterocycles. The standard InChI is InChI=1S/C21H19N5O4/c1-13-12-22-21(30)25(13)17-5-3-2-4-16(17)23-20(29)14-6-8-15(9-7-14)26-19(28)11-10-18(27)24-26/h2-9,12H,10-11H2,1H3,(H,22,30)(H,23,29)(H,24,27). The van der Waals surface area contributed by atoms with Crippen LogP contribution in [0.1, 0.15) is 28.9 Å². The highest BCUT2D eigenvalue weighted by molar-refractivity contribution is 6.06. The van der Waals surface area contributed by atoms with E-state index in [1.54, 1.807) is 61.7 Å². The summed E-state index contributed by atoms with van der Waals surface area (Å²) >= 11 is 0. The van der Waals surface area contributed by atoms with Crippen LogP contribution in [0.2, 0.25) is 0 Å². The molecule has 3 amide bonds. The third kappa shape index (κ3) is 3.60. The molecule has 2 heterocycles. The number of hydrazine groups is 1. The van der Waals surface area contributed by atoms with Gasteiger partial charge >= 0.3 is 5.69 Å². The smallest absolute Gasteiger partial charge is 0.320 e. The number of H-pyrrole nitrogens is 1. The number of aryl methyl sites for hydroxylation is 1. The van der Waals surface area contributed by atoms with Crippen LogP contribution in [0.25, 0.3) is 5.69 Å². The monoisotopic (exact) mass is 405 g/mol. The molecule has 0 bridgehead atoms. The molecule has 3 N–H and O–H groups in total. The van der Waals surface area contributed by atoms with Crippen LogP contribution >= 0.6 is 0 Å². The van der Waals surface area contributed by atoms with Gasteiger partial charge in [-0.2, -0.15) is 0 Å². The SMILES string of the molecule is Cc1c[nH]c(=O)n1-c1ccccc1NC(=O)c1ccc(N2NC(=O)CCC2=O)cc1. The van der Waals surface area contributed by atoms with E-state index in [-0.39, 0.29) is 36.3 Å². The molecule has 9 heteroatoms. The maximum atomic E-state index is 12.8. The number of rotatable bonds is 4. The number of imidazole rings is 1. The minimum atomic E-state index is -0.371. The molecule has 0 atom stereocenters. The Morgan fingerprint density at radius 1 is 1.00 bits per heavy atom. The first-order chi connectivity index (χ1) is 14.4. The van der Waals surface area contributed by atoms with E-state index in [4.69, 9.17) is 0 Å². The van der Waals surface area contributed by atoms with Crippen molar-refractivity contribution in [3.63, 3.8) is 0 Å². The molecule has 1 fully saturated rings. The van der Waals surface area contributed by atoms with Crippen molar-refractivity contribution in [1.29, 1.82) is 0 Å². The second-order valence-electron chi connectivity index (χ2n) is 6.85. The molecule has 3 aromatic rings. The number of aromatic nitrogens is 2. The summed E-state index contributed by atoms with van der Waals surface area (Å²) in [6, 6.07) is 13.3. The lowest BCUT2D eigenvalue weighted by Crippen LogP contribution is -2.50. The number of nitrogens with one attached hydrogen (secondary N) is 3. The Hall–Kier alpha value is -4.14. The van der Waals surface area contributed by atoms with Crippen molar-refractivity contribution in [3.05, 3.63) is 76.5 Å². The van der Waals surface area contributed by atoms with Crippen LogP contribution in [-0.4, -0.2) is 27.3 Å². The van der Waals surface area contributed by atoms with E-state index in [1.165, 1.54) is 9.58 Å². The largest absolute Gasteiger partial charge is 0.330 e. The highest BCUT2D eigenvalue weighted by Crippen LogP contribution is 2.22. The normalized spacial score (nSPS) is 13.8. The second-order valence-corrected chi connectivity index (χ2v) is 6.85. The molecule has 0 saturated carbocycles. The summed E-state index contributed by atoms with van der Waals surface area (Å²) in [6.45, 7) is 1.79. The number of hydrogen-bond acceptors (Lipinski definition) is 4. The molecular weight excluding hydrogens is 386 g/mol. The van der Waals surface area contributed by atoms with Gasteiger partial charge in [0.05, 0.1) is 17.1 Å². The summed E-state index contributed by atoms with van der Waals surface area (Å²) in [7, 11) is 0. The highest BCUT2D eigenvalue weighted by atomic mass is 16.2. The average Bonchev–Trinajstić information content (AvgIpc) is 3.08. The number of anilines is 2. The molecule has 1 aliphatic rings. The van der Waals surface area contributed by atoms with Gasteiger partial charge < -0.3 is 10.3 Å². The van der Waals surface area contributed by atoms with Crippen molar-refractivity contribution in [3.8, 4) is 5.69 Å². The van der Waals surface area contributed by atoms with Crippen LogP contribution < -0.4 is 21.4 Å². The van der Waals surface area contributed by atoms with E-state index in [0.29, 0.717) is 28.3 Å². The lowest BCUT2D eigenvalue weighted by molar-refractivity contribution is -0.130. The molecule has 0 spiro atoms. The highest BCUT2D eigenvalue weighted by Gasteiger charge is 2.24. The minimum Gasteiger partial charge on any atom is -0.320 e. The molecule has 0 aliphatic carbocycles. The first kappa shape index (κ1) is 19.2. The van der Waals surface area contributed by atoms with Crippen molar-refractivity contribution >= 4 is 29.1 Å². The van der Waals surface area contributed by atoms with Gasteiger partial charge in [-0.15, -0.1) is 0 Å². The van der Waals surface area contributed by atoms with Gasteiger partial charge in [0, 0.05) is 30.3 Å². The van der Waals surface area contributed by atoms with E-state index < -0.39 is 0 Å². The molecule has 0 radical (unpaired) electrons. The number of carbonyl (C=O) groups excluding carboxylic acids is 3. The van der Waals surface area contributed by atoms with Crippen LogP contribution in [-0.2, 0) is 9.59 Å². The molecule has 152 valence electrons. The predicted molar refractivity (Wildman–Crippen MR) is 110 cm³/mol. The summed E-state index contributed by atoms with van der Waals surface area (Å²) in [5.41, 5.74) is 4.79. The molecule has 1 aliphatic heterocycles. The zero-order valence-corrected chi connectivity index (χ0v) is 16.1. The predicted octanol–water partition coefficient (Wildman–Crippen LogP) is 1.88. The van der Waals surface area contributed by atoms with Crippen molar-refractivity contribution in [2.24, 2.45) is 0 Å². The molecule has 2 aromatic carbocycles. The summed E-state index contributed by atoms with van der Waals surface area (Å²) in [5.74, 6) is -0.819. The number of hydrogen-bond donors (Lipinski definition) is 3. The summed E-state index contributed by atoms with van der Waals surface area (Å²) < 4.78 is 1.48. The van der Waals surface area contributed by atoms with E-state index in [1.807, 2.05) is 0 Å². The Morgan fingerprint density at radius 3 is 2.43 bits per heavy atom. The minimum absolute atomic E-state index is 0.142. The first-order valence-corrected chi connectivity index (χ1v) is 9.34. The zero-order chi connectivity index (χ0) is 21.3. The van der Waals surface area contributed by atoms with Crippen molar-refractivity contribution in [2.45, 2.75) is 19.8 Å². The van der Waals surface area contributed by atoms with Crippen LogP contribution in [0.4, 0.5) is 11.4 Å². The van der Waals surface area contributed by atoms with Crippen LogP contribution in [0.15, 0.2) is 59.5 Å². The Kier molecular flexibility index (Phi) is 4.93. The van der Waals surface area contributed by atoms with Gasteiger partial charge in [-0.1, -0.05) is 12.1 Å². The van der Waals surface area contributed by atoms with Gasteiger partial charge in [-0.25, -0.2) is 9.80 Å². The molecule has 1 aromatic heterocycles. The van der Waals surface area contributed by atoms with Crippen LogP contribution in [0.5, 0.6) is 0 Å². The summed E-state index contributed by atoms with van der Waals surface area (Å²) in [4.78, 5) is 51.1. The third-order valence-electron chi connectivity index (χ3n) is 4.79. The van der Waals surface area contributed by atoms with E-state index in [0.717, 1.165) is 0 Å². The second kappa shape index (κ2) is 7.70. The maximum Gasteiger partial charge on any atom is 0.330 e. The maximum absolute atomic E-state index is 12.8. The Balaban J connectivity index is 1.56. The fourth-order valence-electron chi connectivity index (χ4n) is 3.27. The lowest BCUT2D eigenvalue weighted by Gasteiger charge is -2.27. The van der Waals surface area contributed by atoms with Gasteiger partial charge in [-0.05, 0) is 43.3 Å². The van der Waals surface area contributed by atoms with Gasteiger partial charge in [0.25, 0.3) is 5.91 Å². The van der Waals surface area contributed by atoms with Crippen LogP contribution in [0, 0.1) is 6.92 Å². The number of aromatic amines is 1. The van der Waals surface area contributed by atoms with Gasteiger partial charge in [0.1, 0.15) is 0 Å². The third-order valence-corrected chi connectivity index (χ3v) is 4.79. The number of para-hydroxylation sites is 2. The number of carbonyl (C=O) groups is 3. The quantitative estimate of drug-likeness (QED) is 0.614. The fourth-order valence-corrected chi connectivity index (χ4v) is 3.27. The molecule has 4 rings (SSSR count). The molecule has 30 heavy (non-hydrogen) atoms. The van der Waals surface area contributed by atoms with E-state index in [9.17, 15) is 19.2 Å². The Morgan fingerprint density at radius 2 is 1.73 bits per heavy atom. The number of amides is 3.